The minimum atomic E-state index is -0.669. The lowest BCUT2D eigenvalue weighted by molar-refractivity contribution is -0.145. The number of urea groups is 1. The molecular formula is C25H37FN4O4. The summed E-state index contributed by atoms with van der Waals surface area (Å²) in [6.07, 6.45) is 5.15. The van der Waals surface area contributed by atoms with Crippen LogP contribution >= 0.6 is 0 Å². The van der Waals surface area contributed by atoms with Crippen LogP contribution in [0.1, 0.15) is 56.9 Å². The standard InChI is InChI=1S/C25H37FN4O4/c1-4-27-25(33)30-15-5-6-21(28-23(31)24(32)29(2)3)22(30)16-34-20-13-9-18(10-14-20)17-7-11-19(26)12-8-17/h7-8,11-12,18,20-22H,4-6,9-10,13-16H2,1-3H3,(H,27,33)(H,28,31)/t18-,20+,21-,22+/m1/s1. The van der Waals surface area contributed by atoms with E-state index in [0.717, 1.165) is 37.7 Å². The number of nitrogens with one attached hydrogen (secondary N) is 2. The van der Waals surface area contributed by atoms with Crippen molar-refractivity contribution in [3.63, 3.8) is 0 Å². The first-order valence-electron chi connectivity index (χ1n) is 12.2. The maximum absolute atomic E-state index is 13.2. The lowest BCUT2D eigenvalue weighted by Gasteiger charge is -2.42. The monoisotopic (exact) mass is 476 g/mol. The van der Waals surface area contributed by atoms with Crippen LogP contribution in [0.3, 0.4) is 0 Å². The summed E-state index contributed by atoms with van der Waals surface area (Å²) in [6, 6.07) is 5.83. The van der Waals surface area contributed by atoms with Crippen molar-refractivity contribution >= 4 is 17.8 Å². The number of nitrogens with zero attached hydrogens (tertiary/aromatic N) is 2. The molecule has 0 bridgehead atoms. The van der Waals surface area contributed by atoms with E-state index < -0.39 is 11.8 Å². The SMILES string of the molecule is CCNC(=O)N1CCC[C@@H](NC(=O)C(=O)N(C)C)[C@@H]1CO[C@H]1CC[C@@H](c2ccc(F)cc2)CC1. The van der Waals surface area contributed by atoms with Crippen molar-refractivity contribution in [1.29, 1.82) is 0 Å². The molecule has 9 heteroatoms. The molecule has 1 aliphatic carbocycles. The summed E-state index contributed by atoms with van der Waals surface area (Å²) in [5, 5.41) is 5.68. The van der Waals surface area contributed by atoms with E-state index >= 15 is 0 Å². The number of carbonyl (C=O) groups excluding carboxylic acids is 3. The number of likely N-dealkylation sites (N-methyl/N-ethyl adjacent to an activating group) is 1. The lowest BCUT2D eigenvalue weighted by atomic mass is 9.82. The van der Waals surface area contributed by atoms with Gasteiger partial charge in [0.1, 0.15) is 5.82 Å². The number of ether oxygens (including phenoxy) is 1. The van der Waals surface area contributed by atoms with E-state index in [-0.39, 0.29) is 30.0 Å². The minimum Gasteiger partial charge on any atom is -0.376 e. The molecule has 34 heavy (non-hydrogen) atoms. The van der Waals surface area contributed by atoms with Crippen molar-refractivity contribution < 1.29 is 23.5 Å². The Bertz CT molecular complexity index is 840. The second-order valence-corrected chi connectivity index (χ2v) is 9.38. The predicted molar refractivity (Wildman–Crippen MR) is 127 cm³/mol. The zero-order chi connectivity index (χ0) is 24.7. The van der Waals surface area contributed by atoms with Crippen LogP contribution in [0.4, 0.5) is 9.18 Å². The lowest BCUT2D eigenvalue weighted by Crippen LogP contribution is -2.62. The molecule has 0 aromatic heterocycles. The van der Waals surface area contributed by atoms with Gasteiger partial charge in [-0.3, -0.25) is 9.59 Å². The number of benzene rings is 1. The summed E-state index contributed by atoms with van der Waals surface area (Å²) >= 11 is 0. The van der Waals surface area contributed by atoms with Gasteiger partial charge in [-0.2, -0.15) is 0 Å². The van der Waals surface area contributed by atoms with Crippen LogP contribution in [0.15, 0.2) is 24.3 Å². The summed E-state index contributed by atoms with van der Waals surface area (Å²) in [5.41, 5.74) is 1.16. The highest BCUT2D eigenvalue weighted by atomic mass is 19.1. The summed E-state index contributed by atoms with van der Waals surface area (Å²) in [6.45, 7) is 3.24. The van der Waals surface area contributed by atoms with Gasteiger partial charge in [0.2, 0.25) is 0 Å². The van der Waals surface area contributed by atoms with Crippen LogP contribution in [0.25, 0.3) is 0 Å². The molecule has 2 N–H and O–H groups in total. The molecule has 0 spiro atoms. The number of amides is 4. The van der Waals surface area contributed by atoms with Gasteiger partial charge in [-0.25, -0.2) is 9.18 Å². The van der Waals surface area contributed by atoms with Gasteiger partial charge in [-0.05, 0) is 69.1 Å². The van der Waals surface area contributed by atoms with Gasteiger partial charge in [0, 0.05) is 27.2 Å². The van der Waals surface area contributed by atoms with Gasteiger partial charge >= 0.3 is 17.8 Å². The molecule has 3 rings (SSSR count). The van der Waals surface area contributed by atoms with E-state index in [0.29, 0.717) is 32.0 Å². The Morgan fingerprint density at radius 1 is 1.09 bits per heavy atom. The highest BCUT2D eigenvalue weighted by Crippen LogP contribution is 2.34. The average Bonchev–Trinajstić information content (AvgIpc) is 2.83. The molecule has 2 aliphatic rings. The van der Waals surface area contributed by atoms with Gasteiger partial charge in [-0.1, -0.05) is 12.1 Å². The van der Waals surface area contributed by atoms with Crippen molar-refractivity contribution in [2.75, 3.05) is 33.8 Å². The summed E-state index contributed by atoms with van der Waals surface area (Å²) < 4.78 is 19.5. The number of likely N-dealkylation sites (tertiary alicyclic amines) is 1. The number of piperidine rings is 1. The predicted octanol–water partition coefficient (Wildman–Crippen LogP) is 2.64. The van der Waals surface area contributed by atoms with Crippen LogP contribution in [0, 0.1) is 5.82 Å². The number of hydrogen-bond acceptors (Lipinski definition) is 4. The zero-order valence-electron chi connectivity index (χ0n) is 20.4. The largest absolute Gasteiger partial charge is 0.376 e. The first kappa shape index (κ1) is 25.9. The first-order chi connectivity index (χ1) is 16.3. The third-order valence-electron chi connectivity index (χ3n) is 6.80. The van der Waals surface area contributed by atoms with Crippen molar-refractivity contribution in [3.05, 3.63) is 35.6 Å². The molecule has 188 valence electrons. The molecule has 2 fully saturated rings. The number of rotatable bonds is 6. The Morgan fingerprint density at radius 2 is 1.76 bits per heavy atom. The van der Waals surface area contributed by atoms with E-state index in [1.807, 2.05) is 19.1 Å². The number of hydrogen-bond donors (Lipinski definition) is 2. The molecule has 2 atom stereocenters. The smallest absolute Gasteiger partial charge is 0.317 e. The van der Waals surface area contributed by atoms with Crippen LogP contribution < -0.4 is 10.6 Å². The van der Waals surface area contributed by atoms with Crippen molar-refractivity contribution in [2.45, 2.75) is 69.6 Å². The quantitative estimate of drug-likeness (QED) is 0.618. The highest BCUT2D eigenvalue weighted by molar-refractivity contribution is 6.34. The Hall–Kier alpha value is -2.68. The van der Waals surface area contributed by atoms with Crippen molar-refractivity contribution in [1.82, 2.24) is 20.4 Å². The third-order valence-corrected chi connectivity index (χ3v) is 6.80. The molecule has 1 aliphatic heterocycles. The van der Waals surface area contributed by atoms with Crippen LogP contribution in [0.2, 0.25) is 0 Å². The van der Waals surface area contributed by atoms with Crippen LogP contribution in [-0.2, 0) is 14.3 Å². The molecule has 1 saturated heterocycles. The van der Waals surface area contributed by atoms with Gasteiger partial charge in [0.05, 0.1) is 24.8 Å². The summed E-state index contributed by atoms with van der Waals surface area (Å²) in [4.78, 5) is 40.2. The van der Waals surface area contributed by atoms with Crippen molar-refractivity contribution in [2.24, 2.45) is 0 Å². The Labute approximate surface area is 201 Å². The Balaban J connectivity index is 1.61. The van der Waals surface area contributed by atoms with Crippen LogP contribution in [-0.4, -0.2) is 79.6 Å². The van der Waals surface area contributed by atoms with Gasteiger partial charge < -0.3 is 25.2 Å². The topological polar surface area (TPSA) is 91.0 Å². The fraction of sp³-hybridized carbons (Fsp3) is 0.640. The Kier molecular flexibility index (Phi) is 9.27. The van der Waals surface area contributed by atoms with E-state index in [1.54, 1.807) is 4.90 Å². The maximum Gasteiger partial charge on any atom is 0.317 e. The number of halogens is 1. The fourth-order valence-electron chi connectivity index (χ4n) is 4.90. The van der Waals surface area contributed by atoms with Crippen LogP contribution in [0.5, 0.6) is 0 Å². The first-order valence-corrected chi connectivity index (χ1v) is 12.2. The average molecular weight is 477 g/mol. The van der Waals surface area contributed by atoms with E-state index in [2.05, 4.69) is 10.6 Å². The van der Waals surface area contributed by atoms with Crippen molar-refractivity contribution in [3.8, 4) is 0 Å². The maximum atomic E-state index is 13.2. The second-order valence-electron chi connectivity index (χ2n) is 9.38. The molecule has 8 nitrogen and oxygen atoms in total. The molecule has 1 heterocycles. The van der Waals surface area contributed by atoms with E-state index in [1.165, 1.54) is 31.1 Å². The zero-order valence-corrected chi connectivity index (χ0v) is 20.4. The fourth-order valence-corrected chi connectivity index (χ4v) is 4.90. The van der Waals surface area contributed by atoms with Gasteiger partial charge in [0.25, 0.3) is 0 Å². The molecule has 1 aromatic rings. The second kappa shape index (κ2) is 12.1. The van der Waals surface area contributed by atoms with Gasteiger partial charge in [-0.15, -0.1) is 0 Å². The van der Waals surface area contributed by atoms with E-state index in [9.17, 15) is 18.8 Å². The minimum absolute atomic E-state index is 0.0643. The third kappa shape index (κ3) is 6.68. The summed E-state index contributed by atoms with van der Waals surface area (Å²) in [5.74, 6) is -1.11. The molecule has 0 unspecified atom stereocenters. The molecular weight excluding hydrogens is 439 g/mol. The number of carbonyl (C=O) groups is 3. The molecule has 0 radical (unpaired) electrons. The Morgan fingerprint density at radius 3 is 2.38 bits per heavy atom. The van der Waals surface area contributed by atoms with Gasteiger partial charge in [0.15, 0.2) is 0 Å². The molecule has 1 aromatic carbocycles. The summed E-state index contributed by atoms with van der Waals surface area (Å²) in [7, 11) is 3.07. The van der Waals surface area contributed by atoms with E-state index in [4.69, 9.17) is 4.74 Å². The normalized spacial score (nSPS) is 24.9. The molecule has 4 amide bonds. The highest BCUT2D eigenvalue weighted by Gasteiger charge is 2.37. The molecule has 1 saturated carbocycles.